The minimum absolute atomic E-state index is 0.0495. The van der Waals surface area contributed by atoms with E-state index in [4.69, 9.17) is 0 Å². The fraction of sp³-hybridized carbons (Fsp3) is 0.400. The van der Waals surface area contributed by atoms with Gasteiger partial charge < -0.3 is 16.0 Å². The van der Waals surface area contributed by atoms with Gasteiger partial charge in [0.05, 0.1) is 29.2 Å². The van der Waals surface area contributed by atoms with Crippen LogP contribution in [-0.4, -0.2) is 49.7 Å². The molecule has 1 fully saturated rings. The first kappa shape index (κ1) is 16.4. The van der Waals surface area contributed by atoms with Gasteiger partial charge in [0.25, 0.3) is 5.91 Å². The van der Waals surface area contributed by atoms with Crippen LogP contribution in [0.2, 0.25) is 0 Å². The van der Waals surface area contributed by atoms with Gasteiger partial charge in [0.2, 0.25) is 11.8 Å². The third kappa shape index (κ3) is 3.56. The first-order valence-electron chi connectivity index (χ1n) is 7.54. The van der Waals surface area contributed by atoms with Crippen molar-refractivity contribution in [2.24, 2.45) is 0 Å². The molecular weight excluding hydrogens is 334 g/mol. The summed E-state index contributed by atoms with van der Waals surface area (Å²) < 4.78 is 22.8. The normalized spacial score (nSPS) is 25.2. The van der Waals surface area contributed by atoms with Crippen molar-refractivity contribution in [2.75, 3.05) is 16.8 Å². The van der Waals surface area contributed by atoms with Crippen molar-refractivity contribution >= 4 is 33.2 Å². The van der Waals surface area contributed by atoms with Crippen LogP contribution in [0.15, 0.2) is 24.3 Å². The molecule has 0 spiro atoms. The number of carbonyl (C=O) groups excluding carboxylic acids is 3. The Kier molecular flexibility index (Phi) is 4.27. The van der Waals surface area contributed by atoms with E-state index in [1.165, 1.54) is 0 Å². The second-order valence-corrected chi connectivity index (χ2v) is 8.16. The number of fused-ring (bicyclic) bond motifs is 1. The first-order valence-corrected chi connectivity index (χ1v) is 9.37. The zero-order chi connectivity index (χ0) is 17.3. The standard InChI is InChI=1S/C15H17N3O5S/c19-13(16-9-5-6-24(22,23)8-9)7-12-15(21)17-11-4-2-1-3-10(11)14(20)18-12/h1-4,9,12H,5-8H2,(H,16,19)(H,17,21)(H,18,20)/t9-,12-/m1/s1. The van der Waals surface area contributed by atoms with Gasteiger partial charge >= 0.3 is 0 Å². The Morgan fingerprint density at radius 1 is 1.25 bits per heavy atom. The monoisotopic (exact) mass is 351 g/mol. The number of rotatable bonds is 3. The number of para-hydroxylation sites is 1. The lowest BCUT2D eigenvalue weighted by Crippen LogP contribution is -2.46. The molecule has 2 heterocycles. The van der Waals surface area contributed by atoms with Gasteiger partial charge in [-0.1, -0.05) is 12.1 Å². The van der Waals surface area contributed by atoms with Crippen molar-refractivity contribution in [3.63, 3.8) is 0 Å². The molecule has 3 rings (SSSR count). The van der Waals surface area contributed by atoms with Crippen molar-refractivity contribution in [1.29, 1.82) is 0 Å². The zero-order valence-corrected chi connectivity index (χ0v) is 13.6. The van der Waals surface area contributed by atoms with Crippen molar-refractivity contribution in [1.82, 2.24) is 10.6 Å². The molecule has 9 heteroatoms. The molecule has 0 aliphatic carbocycles. The summed E-state index contributed by atoms with van der Waals surface area (Å²) in [7, 11) is -3.10. The third-order valence-electron chi connectivity index (χ3n) is 4.04. The molecule has 1 aromatic rings. The molecule has 3 N–H and O–H groups in total. The number of hydrogen-bond acceptors (Lipinski definition) is 5. The predicted molar refractivity (Wildman–Crippen MR) is 86.1 cm³/mol. The van der Waals surface area contributed by atoms with E-state index in [2.05, 4.69) is 16.0 Å². The van der Waals surface area contributed by atoms with E-state index in [1.807, 2.05) is 0 Å². The lowest BCUT2D eigenvalue weighted by atomic mass is 10.1. The van der Waals surface area contributed by atoms with E-state index in [-0.39, 0.29) is 17.9 Å². The Labute approximate surface area is 138 Å². The molecule has 0 saturated carbocycles. The Morgan fingerprint density at radius 2 is 2.00 bits per heavy atom. The summed E-state index contributed by atoms with van der Waals surface area (Å²) in [4.78, 5) is 36.4. The van der Waals surface area contributed by atoms with Crippen molar-refractivity contribution < 1.29 is 22.8 Å². The topological polar surface area (TPSA) is 121 Å². The molecule has 2 aliphatic rings. The van der Waals surface area contributed by atoms with Crippen LogP contribution in [0.4, 0.5) is 5.69 Å². The maximum absolute atomic E-state index is 12.2. The summed E-state index contributed by atoms with van der Waals surface area (Å²) in [6, 6.07) is 5.11. The lowest BCUT2D eigenvalue weighted by molar-refractivity contribution is -0.126. The van der Waals surface area contributed by atoms with E-state index >= 15 is 0 Å². The summed E-state index contributed by atoms with van der Waals surface area (Å²) in [5.74, 6) is -1.43. The minimum Gasteiger partial charge on any atom is -0.352 e. The van der Waals surface area contributed by atoms with Gasteiger partial charge in [0.15, 0.2) is 9.84 Å². The van der Waals surface area contributed by atoms with Crippen molar-refractivity contribution in [2.45, 2.75) is 24.9 Å². The largest absolute Gasteiger partial charge is 0.352 e. The number of anilines is 1. The van der Waals surface area contributed by atoms with E-state index < -0.39 is 39.6 Å². The molecule has 128 valence electrons. The molecule has 8 nitrogen and oxygen atoms in total. The molecule has 0 bridgehead atoms. The minimum atomic E-state index is -3.10. The summed E-state index contributed by atoms with van der Waals surface area (Å²) in [5, 5.41) is 7.75. The van der Waals surface area contributed by atoms with Gasteiger partial charge in [0.1, 0.15) is 6.04 Å². The Hall–Kier alpha value is -2.42. The summed E-state index contributed by atoms with van der Waals surface area (Å²) in [5.41, 5.74) is 0.723. The molecule has 1 saturated heterocycles. The van der Waals surface area contributed by atoms with Crippen molar-refractivity contribution in [3.8, 4) is 0 Å². The van der Waals surface area contributed by atoms with E-state index in [1.54, 1.807) is 24.3 Å². The fourth-order valence-corrected chi connectivity index (χ4v) is 4.51. The van der Waals surface area contributed by atoms with Crippen LogP contribution in [0.25, 0.3) is 0 Å². The van der Waals surface area contributed by atoms with Crippen LogP contribution in [-0.2, 0) is 19.4 Å². The quantitative estimate of drug-likeness (QED) is 0.673. The van der Waals surface area contributed by atoms with Gasteiger partial charge in [-0.25, -0.2) is 8.42 Å². The highest BCUT2D eigenvalue weighted by atomic mass is 32.2. The zero-order valence-electron chi connectivity index (χ0n) is 12.7. The van der Waals surface area contributed by atoms with E-state index in [0.717, 1.165) is 0 Å². The summed E-state index contributed by atoms with van der Waals surface area (Å²) in [6.07, 6.45) is 0.116. The fourth-order valence-electron chi connectivity index (χ4n) is 2.84. The van der Waals surface area contributed by atoms with Crippen LogP contribution >= 0.6 is 0 Å². The van der Waals surface area contributed by atoms with Crippen LogP contribution in [0.5, 0.6) is 0 Å². The average Bonchev–Trinajstić information content (AvgIpc) is 2.79. The highest BCUT2D eigenvalue weighted by Gasteiger charge is 2.32. The molecule has 1 aromatic carbocycles. The smallest absolute Gasteiger partial charge is 0.254 e. The average molecular weight is 351 g/mol. The Bertz CT molecular complexity index is 805. The van der Waals surface area contributed by atoms with Gasteiger partial charge in [-0.2, -0.15) is 0 Å². The van der Waals surface area contributed by atoms with Crippen LogP contribution in [0.3, 0.4) is 0 Å². The molecule has 0 aromatic heterocycles. The first-order chi connectivity index (χ1) is 11.3. The summed E-state index contributed by atoms with van der Waals surface area (Å²) >= 11 is 0. The highest BCUT2D eigenvalue weighted by molar-refractivity contribution is 7.91. The van der Waals surface area contributed by atoms with E-state index in [9.17, 15) is 22.8 Å². The molecular formula is C15H17N3O5S. The molecule has 3 amide bonds. The van der Waals surface area contributed by atoms with Crippen LogP contribution in [0, 0.1) is 0 Å². The van der Waals surface area contributed by atoms with Gasteiger partial charge in [-0.05, 0) is 18.6 Å². The third-order valence-corrected chi connectivity index (χ3v) is 5.81. The SMILES string of the molecule is O=C(C[C@H]1NC(=O)c2ccccc2NC1=O)N[C@@H]1CCS(=O)(=O)C1. The lowest BCUT2D eigenvalue weighted by Gasteiger charge is -2.16. The van der Waals surface area contributed by atoms with Crippen LogP contribution in [0.1, 0.15) is 23.2 Å². The van der Waals surface area contributed by atoms with Gasteiger partial charge in [-0.3, -0.25) is 14.4 Å². The number of hydrogen-bond donors (Lipinski definition) is 3. The molecule has 2 aliphatic heterocycles. The number of nitrogens with one attached hydrogen (secondary N) is 3. The molecule has 0 radical (unpaired) electrons. The van der Waals surface area contributed by atoms with Crippen molar-refractivity contribution in [3.05, 3.63) is 29.8 Å². The number of amides is 3. The van der Waals surface area contributed by atoms with E-state index in [0.29, 0.717) is 17.7 Å². The number of carbonyl (C=O) groups is 3. The number of sulfone groups is 1. The second kappa shape index (κ2) is 6.23. The number of benzene rings is 1. The molecule has 2 atom stereocenters. The maximum atomic E-state index is 12.2. The Balaban J connectivity index is 1.64. The second-order valence-electron chi connectivity index (χ2n) is 5.93. The molecule has 24 heavy (non-hydrogen) atoms. The predicted octanol–water partition coefficient (Wildman–Crippen LogP) is -0.569. The van der Waals surface area contributed by atoms with Gasteiger partial charge in [0, 0.05) is 6.04 Å². The highest BCUT2D eigenvalue weighted by Crippen LogP contribution is 2.19. The maximum Gasteiger partial charge on any atom is 0.254 e. The summed E-state index contributed by atoms with van der Waals surface area (Å²) in [6.45, 7) is 0. The Morgan fingerprint density at radius 3 is 2.71 bits per heavy atom. The van der Waals surface area contributed by atoms with Crippen LogP contribution < -0.4 is 16.0 Å². The molecule has 0 unspecified atom stereocenters. The van der Waals surface area contributed by atoms with Gasteiger partial charge in [-0.15, -0.1) is 0 Å².